The van der Waals surface area contributed by atoms with Gasteiger partial charge in [0.15, 0.2) is 0 Å². The first kappa shape index (κ1) is 9.46. The summed E-state index contributed by atoms with van der Waals surface area (Å²) in [5.74, 6) is 0.978. The molecular weight excluding hydrogens is 174 g/mol. The van der Waals surface area contributed by atoms with Crippen molar-refractivity contribution in [2.75, 3.05) is 18.9 Å². The average Bonchev–Trinajstić information content (AvgIpc) is 2.70. The minimum absolute atomic E-state index is 0.520. The lowest BCUT2D eigenvalue weighted by Crippen LogP contribution is -2.13. The van der Waals surface area contributed by atoms with E-state index >= 15 is 0 Å². The molecule has 0 spiro atoms. The molecule has 2 rings (SSSR count). The molecule has 0 saturated carbocycles. The number of rotatable bonds is 2. The summed E-state index contributed by atoms with van der Waals surface area (Å²) in [6.07, 6.45) is 4.49. The molecule has 1 aromatic rings. The number of aryl methyl sites for hydroxylation is 1. The van der Waals surface area contributed by atoms with Gasteiger partial charge in [0.2, 0.25) is 0 Å². The maximum Gasteiger partial charge on any atom is 0.128 e. The molecule has 1 aliphatic rings. The number of aromatic nitrogens is 1. The van der Waals surface area contributed by atoms with E-state index in [4.69, 9.17) is 0 Å². The monoisotopic (exact) mass is 191 g/mol. The summed E-state index contributed by atoms with van der Waals surface area (Å²) in [5.41, 5.74) is 2.54. The van der Waals surface area contributed by atoms with Gasteiger partial charge in [-0.05, 0) is 43.5 Å². The molecule has 0 amide bonds. The highest BCUT2D eigenvalue weighted by Crippen LogP contribution is 2.24. The summed E-state index contributed by atoms with van der Waals surface area (Å²) in [6, 6.07) is 2.74. The van der Waals surface area contributed by atoms with Crippen LogP contribution in [0.3, 0.4) is 0 Å². The van der Waals surface area contributed by atoms with E-state index in [2.05, 4.69) is 28.6 Å². The number of nitrogens with one attached hydrogen (secondary N) is 2. The lowest BCUT2D eigenvalue weighted by atomic mass is 10.1. The molecule has 14 heavy (non-hydrogen) atoms. The van der Waals surface area contributed by atoms with Crippen LogP contribution in [0.1, 0.15) is 30.0 Å². The molecule has 2 heterocycles. The van der Waals surface area contributed by atoms with Gasteiger partial charge in [-0.15, -0.1) is 0 Å². The second kappa shape index (κ2) is 3.96. The highest BCUT2D eigenvalue weighted by molar-refractivity contribution is 5.44. The largest absolute Gasteiger partial charge is 0.373 e. The van der Waals surface area contributed by atoms with Crippen molar-refractivity contribution in [3.8, 4) is 0 Å². The van der Waals surface area contributed by atoms with Crippen LogP contribution in [0.5, 0.6) is 0 Å². The molecule has 0 radical (unpaired) electrons. The highest BCUT2D eigenvalue weighted by atomic mass is 15.0. The quantitative estimate of drug-likeness (QED) is 0.749. The third kappa shape index (κ3) is 1.73. The van der Waals surface area contributed by atoms with Crippen LogP contribution >= 0.6 is 0 Å². The summed E-state index contributed by atoms with van der Waals surface area (Å²) in [7, 11) is 1.91. The molecule has 3 nitrogen and oxygen atoms in total. The van der Waals surface area contributed by atoms with E-state index in [1.807, 2.05) is 13.2 Å². The molecule has 0 aromatic carbocycles. The van der Waals surface area contributed by atoms with E-state index in [1.165, 1.54) is 24.0 Å². The van der Waals surface area contributed by atoms with Crippen LogP contribution in [0.4, 0.5) is 5.82 Å². The Kier molecular flexibility index (Phi) is 2.68. The van der Waals surface area contributed by atoms with Gasteiger partial charge < -0.3 is 10.6 Å². The van der Waals surface area contributed by atoms with E-state index in [-0.39, 0.29) is 0 Å². The van der Waals surface area contributed by atoms with Crippen molar-refractivity contribution in [1.82, 2.24) is 10.3 Å². The van der Waals surface area contributed by atoms with Crippen molar-refractivity contribution in [2.24, 2.45) is 0 Å². The number of hydrogen-bond acceptors (Lipinski definition) is 3. The fourth-order valence-corrected chi connectivity index (χ4v) is 2.02. The van der Waals surface area contributed by atoms with E-state index in [9.17, 15) is 0 Å². The molecule has 0 aliphatic carbocycles. The molecule has 1 atom stereocenters. The Morgan fingerprint density at radius 3 is 3.00 bits per heavy atom. The predicted molar refractivity (Wildman–Crippen MR) is 58.5 cm³/mol. The highest BCUT2D eigenvalue weighted by Gasteiger charge is 2.16. The zero-order chi connectivity index (χ0) is 9.97. The van der Waals surface area contributed by atoms with Crippen LogP contribution in [0, 0.1) is 6.92 Å². The molecule has 1 unspecified atom stereocenters. The van der Waals surface area contributed by atoms with E-state index in [0.29, 0.717) is 6.04 Å². The molecule has 76 valence electrons. The predicted octanol–water partition coefficient (Wildman–Crippen LogP) is 1.86. The molecule has 0 bridgehead atoms. The topological polar surface area (TPSA) is 37.0 Å². The summed E-state index contributed by atoms with van der Waals surface area (Å²) >= 11 is 0. The van der Waals surface area contributed by atoms with E-state index in [1.54, 1.807) is 0 Å². The Morgan fingerprint density at radius 2 is 2.43 bits per heavy atom. The maximum absolute atomic E-state index is 4.39. The van der Waals surface area contributed by atoms with E-state index < -0.39 is 0 Å². The fraction of sp³-hybridized carbons (Fsp3) is 0.545. The van der Waals surface area contributed by atoms with Crippen molar-refractivity contribution < 1.29 is 0 Å². The smallest absolute Gasteiger partial charge is 0.128 e. The van der Waals surface area contributed by atoms with Crippen LogP contribution in [0.15, 0.2) is 12.3 Å². The SMILES string of the molecule is CNc1ncc(C2CCCN2)cc1C. The summed E-state index contributed by atoms with van der Waals surface area (Å²) in [6.45, 7) is 3.23. The molecule has 2 N–H and O–H groups in total. The van der Waals surface area contributed by atoms with Crippen LogP contribution in [-0.2, 0) is 0 Å². The molecule has 3 heteroatoms. The van der Waals surface area contributed by atoms with Gasteiger partial charge in [-0.25, -0.2) is 4.98 Å². The standard InChI is InChI=1S/C11H17N3/c1-8-6-9(7-14-11(8)12-2)10-4-3-5-13-10/h6-7,10,13H,3-5H2,1-2H3,(H,12,14). The van der Waals surface area contributed by atoms with Gasteiger partial charge in [0.1, 0.15) is 5.82 Å². The Labute approximate surface area is 84.9 Å². The van der Waals surface area contributed by atoms with Gasteiger partial charge in [0.25, 0.3) is 0 Å². The fourth-order valence-electron chi connectivity index (χ4n) is 2.02. The average molecular weight is 191 g/mol. The molecular formula is C11H17N3. The zero-order valence-electron chi connectivity index (χ0n) is 8.80. The Balaban J connectivity index is 2.23. The van der Waals surface area contributed by atoms with Crippen LogP contribution in [-0.4, -0.2) is 18.6 Å². The number of hydrogen-bond donors (Lipinski definition) is 2. The Hall–Kier alpha value is -1.09. The minimum Gasteiger partial charge on any atom is -0.373 e. The summed E-state index contributed by atoms with van der Waals surface area (Å²) in [4.78, 5) is 4.39. The van der Waals surface area contributed by atoms with Gasteiger partial charge >= 0.3 is 0 Å². The summed E-state index contributed by atoms with van der Waals surface area (Å²) in [5, 5.41) is 6.56. The first-order chi connectivity index (χ1) is 6.81. The third-order valence-corrected chi connectivity index (χ3v) is 2.80. The van der Waals surface area contributed by atoms with Gasteiger partial charge in [-0.2, -0.15) is 0 Å². The Bertz CT molecular complexity index is 316. The minimum atomic E-state index is 0.520. The first-order valence-corrected chi connectivity index (χ1v) is 5.19. The van der Waals surface area contributed by atoms with E-state index in [0.717, 1.165) is 12.4 Å². The molecule has 1 aliphatic heterocycles. The second-order valence-electron chi connectivity index (χ2n) is 3.83. The van der Waals surface area contributed by atoms with Crippen molar-refractivity contribution in [1.29, 1.82) is 0 Å². The molecule has 1 fully saturated rings. The number of anilines is 1. The van der Waals surface area contributed by atoms with Crippen molar-refractivity contribution in [3.05, 3.63) is 23.4 Å². The van der Waals surface area contributed by atoms with Crippen LogP contribution in [0.2, 0.25) is 0 Å². The second-order valence-corrected chi connectivity index (χ2v) is 3.83. The van der Waals surface area contributed by atoms with Gasteiger partial charge in [-0.3, -0.25) is 0 Å². The first-order valence-electron chi connectivity index (χ1n) is 5.19. The van der Waals surface area contributed by atoms with Crippen molar-refractivity contribution in [2.45, 2.75) is 25.8 Å². The lowest BCUT2D eigenvalue weighted by Gasteiger charge is -2.12. The number of pyridine rings is 1. The third-order valence-electron chi connectivity index (χ3n) is 2.80. The summed E-state index contributed by atoms with van der Waals surface area (Å²) < 4.78 is 0. The maximum atomic E-state index is 4.39. The van der Waals surface area contributed by atoms with Crippen molar-refractivity contribution in [3.63, 3.8) is 0 Å². The van der Waals surface area contributed by atoms with Gasteiger partial charge in [0, 0.05) is 19.3 Å². The van der Waals surface area contributed by atoms with Crippen molar-refractivity contribution >= 4 is 5.82 Å². The Morgan fingerprint density at radius 1 is 1.57 bits per heavy atom. The van der Waals surface area contributed by atoms with Gasteiger partial charge in [0.05, 0.1) is 0 Å². The van der Waals surface area contributed by atoms with Gasteiger partial charge in [-0.1, -0.05) is 0 Å². The lowest BCUT2D eigenvalue weighted by molar-refractivity contribution is 0.644. The molecule has 1 aromatic heterocycles. The van der Waals surface area contributed by atoms with Crippen LogP contribution in [0.25, 0.3) is 0 Å². The normalized spacial score (nSPS) is 21.1. The number of nitrogens with zero attached hydrogens (tertiary/aromatic N) is 1. The zero-order valence-corrected chi connectivity index (χ0v) is 8.80. The van der Waals surface area contributed by atoms with Crippen LogP contribution < -0.4 is 10.6 Å². The molecule has 1 saturated heterocycles.